The second-order valence-corrected chi connectivity index (χ2v) is 7.39. The van der Waals surface area contributed by atoms with Crippen molar-refractivity contribution in [3.8, 4) is 0 Å². The van der Waals surface area contributed by atoms with E-state index in [1.807, 2.05) is 24.3 Å². The lowest BCUT2D eigenvalue weighted by molar-refractivity contribution is -0.385. The smallest absolute Gasteiger partial charge is 0.339 e. The summed E-state index contributed by atoms with van der Waals surface area (Å²) in [5.74, 6) is -1.27. The summed E-state index contributed by atoms with van der Waals surface area (Å²) >= 11 is 0. The SMILES string of the molecule is Cc1ccc(C(=O)O[C@H](C)C(=O)Nc2ccc(N3CCCCC3)cc2)cc1[N+](=O)[O-]. The molecule has 1 atom stereocenters. The summed E-state index contributed by atoms with van der Waals surface area (Å²) in [5.41, 5.74) is 2.02. The van der Waals surface area contributed by atoms with E-state index in [0.717, 1.165) is 24.8 Å². The monoisotopic (exact) mass is 411 g/mol. The van der Waals surface area contributed by atoms with Gasteiger partial charge in [-0.15, -0.1) is 0 Å². The number of carbonyl (C=O) groups excluding carboxylic acids is 2. The number of nitrogens with one attached hydrogen (secondary N) is 1. The maximum absolute atomic E-state index is 12.4. The maximum atomic E-state index is 12.4. The molecule has 1 amide bonds. The van der Waals surface area contributed by atoms with E-state index in [-0.39, 0.29) is 11.3 Å². The van der Waals surface area contributed by atoms with Gasteiger partial charge in [0.15, 0.2) is 6.10 Å². The molecule has 8 heteroatoms. The molecule has 0 aliphatic carbocycles. The number of ether oxygens (including phenoxy) is 1. The molecule has 1 aliphatic heterocycles. The van der Waals surface area contributed by atoms with Crippen molar-refractivity contribution < 1.29 is 19.2 Å². The number of amides is 1. The van der Waals surface area contributed by atoms with Crippen molar-refractivity contribution >= 4 is 28.9 Å². The van der Waals surface area contributed by atoms with Crippen molar-refractivity contribution in [2.75, 3.05) is 23.3 Å². The van der Waals surface area contributed by atoms with Gasteiger partial charge in [0.05, 0.1) is 10.5 Å². The first kappa shape index (κ1) is 21.3. The van der Waals surface area contributed by atoms with Crippen LogP contribution >= 0.6 is 0 Å². The minimum absolute atomic E-state index is 0.0258. The lowest BCUT2D eigenvalue weighted by Gasteiger charge is -2.28. The van der Waals surface area contributed by atoms with Crippen LogP contribution < -0.4 is 10.2 Å². The number of nitro groups is 1. The van der Waals surface area contributed by atoms with E-state index in [1.165, 1.54) is 38.3 Å². The Kier molecular flexibility index (Phi) is 6.66. The lowest BCUT2D eigenvalue weighted by Crippen LogP contribution is -2.30. The van der Waals surface area contributed by atoms with Crippen molar-refractivity contribution in [3.05, 3.63) is 63.7 Å². The third kappa shape index (κ3) is 5.14. The Morgan fingerprint density at radius 3 is 2.40 bits per heavy atom. The molecule has 158 valence electrons. The highest BCUT2D eigenvalue weighted by molar-refractivity contribution is 5.97. The molecular weight excluding hydrogens is 386 g/mol. The molecule has 0 unspecified atom stereocenters. The van der Waals surface area contributed by atoms with Gasteiger partial charge >= 0.3 is 5.97 Å². The fraction of sp³-hybridized carbons (Fsp3) is 0.364. The van der Waals surface area contributed by atoms with Crippen molar-refractivity contribution in [2.24, 2.45) is 0 Å². The first-order valence-electron chi connectivity index (χ1n) is 9.97. The zero-order valence-electron chi connectivity index (χ0n) is 17.1. The summed E-state index contributed by atoms with van der Waals surface area (Å²) in [5, 5.41) is 13.8. The van der Waals surface area contributed by atoms with E-state index in [1.54, 1.807) is 6.92 Å². The summed E-state index contributed by atoms with van der Waals surface area (Å²) in [4.78, 5) is 37.5. The number of hydrogen-bond donors (Lipinski definition) is 1. The Morgan fingerprint density at radius 1 is 1.10 bits per heavy atom. The van der Waals surface area contributed by atoms with Crippen molar-refractivity contribution in [1.82, 2.24) is 0 Å². The predicted octanol–water partition coefficient (Wildman–Crippen LogP) is 4.08. The van der Waals surface area contributed by atoms with Gasteiger partial charge < -0.3 is 15.0 Å². The Labute approximate surface area is 175 Å². The first-order chi connectivity index (χ1) is 14.3. The van der Waals surface area contributed by atoms with Crippen LogP contribution in [0.5, 0.6) is 0 Å². The van der Waals surface area contributed by atoms with E-state index in [4.69, 9.17) is 4.74 Å². The molecule has 1 fully saturated rings. The van der Waals surface area contributed by atoms with Gasteiger partial charge in [-0.3, -0.25) is 14.9 Å². The van der Waals surface area contributed by atoms with Crippen molar-refractivity contribution in [1.29, 1.82) is 0 Å². The molecule has 2 aromatic carbocycles. The number of anilines is 2. The number of hydrogen-bond acceptors (Lipinski definition) is 6. The molecule has 2 aromatic rings. The van der Waals surface area contributed by atoms with Gasteiger partial charge in [-0.05, 0) is 63.4 Å². The molecule has 0 bridgehead atoms. The number of esters is 1. The highest BCUT2D eigenvalue weighted by Gasteiger charge is 2.21. The topological polar surface area (TPSA) is 102 Å². The van der Waals surface area contributed by atoms with Crippen LogP contribution in [0.2, 0.25) is 0 Å². The highest BCUT2D eigenvalue weighted by atomic mass is 16.6. The van der Waals surface area contributed by atoms with Crippen molar-refractivity contribution in [3.63, 3.8) is 0 Å². The number of piperidine rings is 1. The van der Waals surface area contributed by atoms with Crippen LogP contribution in [-0.4, -0.2) is 36.0 Å². The molecule has 1 saturated heterocycles. The second kappa shape index (κ2) is 9.39. The minimum Gasteiger partial charge on any atom is -0.449 e. The van der Waals surface area contributed by atoms with Gasteiger partial charge in [0, 0.05) is 36.1 Å². The number of nitrogens with zero attached hydrogens (tertiary/aromatic N) is 2. The van der Waals surface area contributed by atoms with Crippen LogP contribution in [0.25, 0.3) is 0 Å². The zero-order valence-corrected chi connectivity index (χ0v) is 17.1. The van der Waals surface area contributed by atoms with Crippen molar-refractivity contribution in [2.45, 2.75) is 39.2 Å². The Balaban J connectivity index is 1.58. The molecule has 1 N–H and O–H groups in total. The number of carbonyl (C=O) groups is 2. The Morgan fingerprint density at radius 2 is 1.77 bits per heavy atom. The van der Waals surface area contributed by atoms with E-state index in [0.29, 0.717) is 11.3 Å². The van der Waals surface area contributed by atoms with E-state index >= 15 is 0 Å². The van der Waals surface area contributed by atoms with Gasteiger partial charge in [-0.25, -0.2) is 4.79 Å². The van der Waals surface area contributed by atoms with Crippen LogP contribution in [0.1, 0.15) is 42.1 Å². The molecule has 3 rings (SSSR count). The lowest BCUT2D eigenvalue weighted by atomic mass is 10.1. The molecule has 1 heterocycles. The predicted molar refractivity (Wildman–Crippen MR) is 114 cm³/mol. The number of nitro benzene ring substituents is 1. The molecular formula is C22H25N3O5. The number of rotatable bonds is 6. The molecule has 30 heavy (non-hydrogen) atoms. The Bertz CT molecular complexity index is 936. The largest absolute Gasteiger partial charge is 0.449 e. The molecule has 0 aromatic heterocycles. The molecule has 8 nitrogen and oxygen atoms in total. The summed E-state index contributed by atoms with van der Waals surface area (Å²) < 4.78 is 5.18. The van der Waals surface area contributed by atoms with Crippen LogP contribution in [-0.2, 0) is 9.53 Å². The third-order valence-corrected chi connectivity index (χ3v) is 5.15. The minimum atomic E-state index is -1.06. The van der Waals surface area contributed by atoms with E-state index < -0.39 is 22.9 Å². The van der Waals surface area contributed by atoms with E-state index in [9.17, 15) is 19.7 Å². The van der Waals surface area contributed by atoms with Gasteiger partial charge in [-0.1, -0.05) is 6.07 Å². The van der Waals surface area contributed by atoms with Gasteiger partial charge in [0.1, 0.15) is 0 Å². The van der Waals surface area contributed by atoms with E-state index in [2.05, 4.69) is 10.2 Å². The summed E-state index contributed by atoms with van der Waals surface area (Å²) in [6.07, 6.45) is 2.58. The molecule has 1 aliphatic rings. The molecule has 0 radical (unpaired) electrons. The fourth-order valence-electron chi connectivity index (χ4n) is 3.37. The maximum Gasteiger partial charge on any atom is 0.339 e. The first-order valence-corrected chi connectivity index (χ1v) is 9.97. The number of benzene rings is 2. The molecule has 0 saturated carbocycles. The van der Waals surface area contributed by atoms with Crippen LogP contribution in [0, 0.1) is 17.0 Å². The third-order valence-electron chi connectivity index (χ3n) is 5.15. The fourth-order valence-corrected chi connectivity index (χ4v) is 3.37. The quantitative estimate of drug-likeness (QED) is 0.437. The average molecular weight is 411 g/mol. The van der Waals surface area contributed by atoms with Crippen LogP contribution in [0.3, 0.4) is 0 Å². The molecule has 0 spiro atoms. The normalized spacial score (nSPS) is 14.7. The standard InChI is InChI=1S/C22H25N3O5/c1-15-6-7-17(14-20(15)25(28)29)22(27)30-16(2)21(26)23-18-8-10-19(11-9-18)24-12-4-3-5-13-24/h6-11,14,16H,3-5,12-13H2,1-2H3,(H,23,26)/t16-/m1/s1. The average Bonchev–Trinajstić information content (AvgIpc) is 2.74. The number of aryl methyl sites for hydroxylation is 1. The van der Waals surface area contributed by atoms with Gasteiger partial charge in [-0.2, -0.15) is 0 Å². The summed E-state index contributed by atoms with van der Waals surface area (Å²) in [6.45, 7) is 5.11. The highest BCUT2D eigenvalue weighted by Crippen LogP contribution is 2.22. The van der Waals surface area contributed by atoms with Crippen LogP contribution in [0.15, 0.2) is 42.5 Å². The van der Waals surface area contributed by atoms with Crippen LogP contribution in [0.4, 0.5) is 17.1 Å². The second-order valence-electron chi connectivity index (χ2n) is 7.39. The summed E-state index contributed by atoms with van der Waals surface area (Å²) in [6, 6.07) is 11.6. The zero-order chi connectivity index (χ0) is 21.7. The van der Waals surface area contributed by atoms with Gasteiger partial charge in [0.25, 0.3) is 11.6 Å². The summed E-state index contributed by atoms with van der Waals surface area (Å²) in [7, 11) is 0. The Hall–Kier alpha value is -3.42. The van der Waals surface area contributed by atoms with Gasteiger partial charge in [0.2, 0.25) is 0 Å².